The predicted molar refractivity (Wildman–Crippen MR) is 113 cm³/mol. The van der Waals surface area contributed by atoms with Crippen LogP contribution < -0.4 is 10.6 Å². The predicted octanol–water partition coefficient (Wildman–Crippen LogP) is 4.20. The van der Waals surface area contributed by atoms with Gasteiger partial charge in [-0.1, -0.05) is 29.1 Å². The van der Waals surface area contributed by atoms with Crippen molar-refractivity contribution in [2.24, 2.45) is 22.7 Å². The van der Waals surface area contributed by atoms with Gasteiger partial charge in [0.15, 0.2) is 5.13 Å². The lowest BCUT2D eigenvalue weighted by molar-refractivity contribution is -0.117. The molecule has 2 heterocycles. The molecule has 3 atom stereocenters. The van der Waals surface area contributed by atoms with Crippen LogP contribution >= 0.6 is 11.3 Å². The van der Waals surface area contributed by atoms with Crippen LogP contribution in [0.2, 0.25) is 0 Å². The number of hydrogen-bond donors (Lipinski definition) is 2. The molecule has 1 saturated carbocycles. The number of anilines is 1. The summed E-state index contributed by atoms with van der Waals surface area (Å²) in [6, 6.07) is 0. The number of nitrogens with zero attached hydrogens (tertiary/aromatic N) is 2. The maximum Gasteiger partial charge on any atom is 0.229 e. The van der Waals surface area contributed by atoms with Crippen molar-refractivity contribution < 1.29 is 9.18 Å². The number of carbonyl (C=O) groups excluding carboxylic acids is 1. The Morgan fingerprint density at radius 2 is 2.29 bits per heavy atom. The minimum Gasteiger partial charge on any atom is -0.319 e. The van der Waals surface area contributed by atoms with Crippen LogP contribution in [-0.4, -0.2) is 30.7 Å². The zero-order valence-corrected chi connectivity index (χ0v) is 16.7. The van der Waals surface area contributed by atoms with Gasteiger partial charge in [-0.15, -0.1) is 0 Å². The number of nitrogens with one attached hydrogen (secondary N) is 2. The number of hydrogen-bond acceptors (Lipinski definition) is 5. The van der Waals surface area contributed by atoms with Crippen molar-refractivity contribution in [1.29, 1.82) is 0 Å². The monoisotopic (exact) mass is 398 g/mol. The molecule has 1 aromatic heterocycles. The molecule has 3 aliphatic rings. The third-order valence-corrected chi connectivity index (χ3v) is 6.19. The number of halogens is 1. The molecule has 0 bridgehead atoms. The number of amides is 1. The second-order valence-electron chi connectivity index (χ2n) is 7.39. The number of rotatable bonds is 5. The second kappa shape index (κ2) is 7.93. The number of thiazole rings is 1. The van der Waals surface area contributed by atoms with Gasteiger partial charge >= 0.3 is 0 Å². The third kappa shape index (κ3) is 4.05. The lowest BCUT2D eigenvalue weighted by atomic mass is 9.95. The van der Waals surface area contributed by atoms with Gasteiger partial charge < -0.3 is 10.6 Å². The molecule has 1 aromatic rings. The molecule has 1 amide bonds. The first-order valence-corrected chi connectivity index (χ1v) is 10.3. The average Bonchev–Trinajstić information content (AvgIpc) is 3.40. The van der Waals surface area contributed by atoms with Gasteiger partial charge in [0.1, 0.15) is 5.83 Å². The molecule has 5 nitrogen and oxygen atoms in total. The van der Waals surface area contributed by atoms with Crippen LogP contribution in [0.3, 0.4) is 0 Å². The van der Waals surface area contributed by atoms with Crippen molar-refractivity contribution in [3.63, 3.8) is 0 Å². The Hall–Kier alpha value is -2.38. The fourth-order valence-electron chi connectivity index (χ4n) is 3.54. The van der Waals surface area contributed by atoms with Crippen molar-refractivity contribution >= 4 is 40.7 Å². The lowest BCUT2D eigenvalue weighted by Crippen LogP contribution is -2.18. The van der Waals surface area contributed by atoms with Gasteiger partial charge in [-0.25, -0.2) is 9.37 Å². The first-order valence-electron chi connectivity index (χ1n) is 9.46. The molecular formula is C21H23FN4OS. The fraction of sp³-hybridized carbons (Fsp3) is 0.381. The SMILES string of the molecule is CNC[C@@H]1C[C@@H]1C(=O)Nc1nc2c(s1)C=C(C1C=NC=C(F)C(C)=C1)CC=C2. The van der Waals surface area contributed by atoms with Crippen molar-refractivity contribution in [2.75, 3.05) is 18.9 Å². The van der Waals surface area contributed by atoms with Crippen LogP contribution in [0.4, 0.5) is 9.52 Å². The number of carbonyl (C=O) groups is 1. The molecule has 1 fully saturated rings. The van der Waals surface area contributed by atoms with Crippen LogP contribution in [0.5, 0.6) is 0 Å². The summed E-state index contributed by atoms with van der Waals surface area (Å²) in [5.74, 6) is 0.189. The minimum atomic E-state index is -0.302. The summed E-state index contributed by atoms with van der Waals surface area (Å²) in [6.07, 6.45) is 12.7. The van der Waals surface area contributed by atoms with E-state index in [9.17, 15) is 9.18 Å². The fourth-order valence-corrected chi connectivity index (χ4v) is 4.47. The highest BCUT2D eigenvalue weighted by atomic mass is 32.1. The van der Waals surface area contributed by atoms with E-state index in [0.29, 0.717) is 16.6 Å². The van der Waals surface area contributed by atoms with Crippen molar-refractivity contribution in [1.82, 2.24) is 10.3 Å². The summed E-state index contributed by atoms with van der Waals surface area (Å²) >= 11 is 1.47. The number of allylic oxidation sites excluding steroid dienone is 5. The van der Waals surface area contributed by atoms with Gasteiger partial charge in [0, 0.05) is 18.1 Å². The van der Waals surface area contributed by atoms with E-state index < -0.39 is 0 Å². The molecule has 4 rings (SSSR count). The van der Waals surface area contributed by atoms with Crippen LogP contribution in [0.25, 0.3) is 12.2 Å². The first-order chi connectivity index (χ1) is 13.5. The first kappa shape index (κ1) is 19.0. The third-order valence-electron chi connectivity index (χ3n) is 5.25. The molecule has 0 radical (unpaired) electrons. The van der Waals surface area contributed by atoms with Gasteiger partial charge in [0.25, 0.3) is 0 Å². The number of fused-ring (bicyclic) bond motifs is 1. The quantitative estimate of drug-likeness (QED) is 0.781. The Bertz CT molecular complexity index is 940. The van der Waals surface area contributed by atoms with E-state index >= 15 is 0 Å². The molecule has 2 aliphatic carbocycles. The van der Waals surface area contributed by atoms with Gasteiger partial charge in [0.2, 0.25) is 5.91 Å². The van der Waals surface area contributed by atoms with Crippen LogP contribution in [-0.2, 0) is 4.79 Å². The molecule has 146 valence electrons. The number of aliphatic imine (C=N–C) groups is 1. The summed E-state index contributed by atoms with van der Waals surface area (Å²) in [4.78, 5) is 22.0. The summed E-state index contributed by atoms with van der Waals surface area (Å²) in [7, 11) is 1.90. The largest absolute Gasteiger partial charge is 0.319 e. The normalized spacial score (nSPS) is 25.8. The van der Waals surface area contributed by atoms with Gasteiger partial charge in [-0.3, -0.25) is 9.79 Å². The summed E-state index contributed by atoms with van der Waals surface area (Å²) in [5.41, 5.74) is 2.57. The Morgan fingerprint density at radius 3 is 3.11 bits per heavy atom. The van der Waals surface area contributed by atoms with Crippen LogP contribution in [0.15, 0.2) is 40.3 Å². The molecule has 0 saturated heterocycles. The highest BCUT2D eigenvalue weighted by Gasteiger charge is 2.42. The van der Waals surface area contributed by atoms with E-state index in [2.05, 4.69) is 32.8 Å². The van der Waals surface area contributed by atoms with E-state index in [0.717, 1.165) is 35.5 Å². The summed E-state index contributed by atoms with van der Waals surface area (Å²) < 4.78 is 13.8. The van der Waals surface area contributed by atoms with E-state index in [-0.39, 0.29) is 23.6 Å². The van der Waals surface area contributed by atoms with E-state index in [1.54, 1.807) is 13.1 Å². The smallest absolute Gasteiger partial charge is 0.229 e. The standard InChI is InChI=1S/C21H23FN4OS/c1-12-6-14(10-24-11-17(12)22)13-4-3-5-18-19(8-13)28-21(25-18)26-20(27)16-7-15(16)9-23-2/h3,5-6,8,10-11,14-16,23H,4,7,9H2,1-2H3,(H,25,26,27)/t14?,15-,16-/m0/s1. The average molecular weight is 399 g/mol. The Morgan fingerprint density at radius 1 is 1.43 bits per heavy atom. The van der Waals surface area contributed by atoms with Gasteiger partial charge in [-0.2, -0.15) is 0 Å². The van der Waals surface area contributed by atoms with E-state index in [1.807, 2.05) is 19.2 Å². The zero-order chi connectivity index (χ0) is 19.7. The molecule has 0 spiro atoms. The second-order valence-corrected chi connectivity index (χ2v) is 8.42. The van der Waals surface area contributed by atoms with E-state index in [4.69, 9.17) is 0 Å². The van der Waals surface area contributed by atoms with E-state index in [1.165, 1.54) is 17.5 Å². The summed E-state index contributed by atoms with van der Waals surface area (Å²) in [6.45, 7) is 2.62. The Balaban J connectivity index is 1.51. The topological polar surface area (TPSA) is 66.4 Å². The van der Waals surface area contributed by atoms with Crippen LogP contribution in [0.1, 0.15) is 30.3 Å². The van der Waals surface area contributed by atoms with Gasteiger partial charge in [0.05, 0.1) is 16.8 Å². The minimum absolute atomic E-state index is 0.0494. The van der Waals surface area contributed by atoms with Crippen molar-refractivity contribution in [2.45, 2.75) is 19.8 Å². The van der Waals surface area contributed by atoms with Gasteiger partial charge in [-0.05, 0) is 57.0 Å². The summed E-state index contributed by atoms with van der Waals surface area (Å²) in [5, 5.41) is 6.71. The zero-order valence-electron chi connectivity index (χ0n) is 15.9. The molecule has 0 aromatic carbocycles. The Kier molecular flexibility index (Phi) is 5.37. The lowest BCUT2D eigenvalue weighted by Gasteiger charge is -2.10. The highest BCUT2D eigenvalue weighted by Crippen LogP contribution is 2.39. The molecule has 2 N–H and O–H groups in total. The maximum absolute atomic E-state index is 13.8. The maximum atomic E-state index is 13.8. The highest BCUT2D eigenvalue weighted by molar-refractivity contribution is 7.16. The van der Waals surface area contributed by atoms with Crippen LogP contribution in [0, 0.1) is 17.8 Å². The Labute approximate surface area is 167 Å². The van der Waals surface area contributed by atoms with Crippen molar-refractivity contribution in [3.8, 4) is 0 Å². The molecule has 28 heavy (non-hydrogen) atoms. The molecule has 7 heteroatoms. The van der Waals surface area contributed by atoms with Crippen molar-refractivity contribution in [3.05, 3.63) is 45.9 Å². The number of aromatic nitrogens is 1. The molecule has 1 aliphatic heterocycles. The molecular weight excluding hydrogens is 375 g/mol. The molecule has 1 unspecified atom stereocenters.